The molecule has 2 aromatic rings. The summed E-state index contributed by atoms with van der Waals surface area (Å²) in [5.41, 5.74) is 2.21. The molecule has 0 saturated heterocycles. The van der Waals surface area contributed by atoms with Gasteiger partial charge in [0.05, 0.1) is 5.52 Å². The largest absolute Gasteiger partial charge is 0.253 e. The highest BCUT2D eigenvalue weighted by molar-refractivity contribution is 9.10. The molecule has 0 fully saturated rings. The Morgan fingerprint density at radius 3 is 2.57 bits per heavy atom. The van der Waals surface area contributed by atoms with E-state index in [9.17, 15) is 0 Å². The van der Waals surface area contributed by atoms with Gasteiger partial charge in [-0.15, -0.1) is 0 Å². The fourth-order valence-corrected chi connectivity index (χ4v) is 1.78. The van der Waals surface area contributed by atoms with Crippen molar-refractivity contribution in [3.8, 4) is 0 Å². The van der Waals surface area contributed by atoms with Gasteiger partial charge in [-0.1, -0.05) is 41.9 Å². The van der Waals surface area contributed by atoms with Crippen molar-refractivity contribution in [3.05, 3.63) is 40.5 Å². The lowest BCUT2D eigenvalue weighted by Gasteiger charge is -2.05. The summed E-state index contributed by atoms with van der Waals surface area (Å²) in [5.74, 6) is 0.485. The van der Waals surface area contributed by atoms with Crippen molar-refractivity contribution >= 4 is 26.8 Å². The lowest BCUT2D eigenvalue weighted by atomic mass is 10.1. The zero-order chi connectivity index (χ0) is 10.1. The van der Waals surface area contributed by atoms with Gasteiger partial charge in [0.1, 0.15) is 0 Å². The van der Waals surface area contributed by atoms with Crippen LogP contribution in [-0.4, -0.2) is 4.98 Å². The predicted octanol–water partition coefficient (Wildman–Crippen LogP) is 4.12. The first-order chi connectivity index (χ1) is 6.66. The van der Waals surface area contributed by atoms with Crippen LogP contribution in [0.5, 0.6) is 0 Å². The Hall–Kier alpha value is -0.890. The number of pyridine rings is 1. The third kappa shape index (κ3) is 1.80. The fraction of sp³-hybridized carbons (Fsp3) is 0.250. The van der Waals surface area contributed by atoms with Crippen LogP contribution in [0.1, 0.15) is 25.5 Å². The van der Waals surface area contributed by atoms with E-state index in [0.29, 0.717) is 5.92 Å². The highest BCUT2D eigenvalue weighted by Gasteiger charge is 2.02. The van der Waals surface area contributed by atoms with E-state index in [-0.39, 0.29) is 0 Å². The van der Waals surface area contributed by atoms with E-state index in [1.807, 2.05) is 6.07 Å². The van der Waals surface area contributed by atoms with Gasteiger partial charge in [0.15, 0.2) is 0 Å². The van der Waals surface area contributed by atoms with Crippen molar-refractivity contribution in [3.63, 3.8) is 0 Å². The summed E-state index contributed by atoms with van der Waals surface area (Å²) in [6.07, 6.45) is 0. The molecule has 0 aliphatic rings. The van der Waals surface area contributed by atoms with Crippen LogP contribution in [0.25, 0.3) is 10.9 Å². The van der Waals surface area contributed by atoms with Crippen molar-refractivity contribution in [2.45, 2.75) is 19.8 Å². The molecule has 0 radical (unpaired) electrons. The van der Waals surface area contributed by atoms with Gasteiger partial charge in [0.25, 0.3) is 0 Å². The highest BCUT2D eigenvalue weighted by atomic mass is 79.9. The standard InChI is InChI=1S/C12H12BrN/c1-8(2)11-6-4-9-3-5-10(13)7-12(9)14-11/h3-8H,1-2H3. The molecule has 0 saturated carbocycles. The minimum absolute atomic E-state index is 0.485. The van der Waals surface area contributed by atoms with E-state index >= 15 is 0 Å². The number of halogens is 1. The van der Waals surface area contributed by atoms with Gasteiger partial charge < -0.3 is 0 Å². The maximum atomic E-state index is 4.61. The summed E-state index contributed by atoms with van der Waals surface area (Å²) in [4.78, 5) is 4.61. The van der Waals surface area contributed by atoms with Crippen molar-refractivity contribution in [2.75, 3.05) is 0 Å². The molecule has 0 atom stereocenters. The van der Waals surface area contributed by atoms with Crippen LogP contribution in [0, 0.1) is 0 Å². The van der Waals surface area contributed by atoms with Crippen molar-refractivity contribution in [1.29, 1.82) is 0 Å². The number of aromatic nitrogens is 1. The highest BCUT2D eigenvalue weighted by Crippen LogP contribution is 2.20. The summed E-state index contributed by atoms with van der Waals surface area (Å²) < 4.78 is 1.08. The molecule has 14 heavy (non-hydrogen) atoms. The van der Waals surface area contributed by atoms with Gasteiger partial charge >= 0.3 is 0 Å². The van der Waals surface area contributed by atoms with Crippen LogP contribution >= 0.6 is 15.9 Å². The molecule has 1 aromatic carbocycles. The van der Waals surface area contributed by atoms with Gasteiger partial charge in [-0.3, -0.25) is 4.98 Å². The van der Waals surface area contributed by atoms with Gasteiger partial charge in [-0.05, 0) is 24.1 Å². The first kappa shape index (κ1) is 9.66. The number of nitrogens with zero attached hydrogens (tertiary/aromatic N) is 1. The molecular weight excluding hydrogens is 238 g/mol. The normalized spacial score (nSPS) is 11.1. The van der Waals surface area contributed by atoms with E-state index in [4.69, 9.17) is 0 Å². The predicted molar refractivity (Wildman–Crippen MR) is 63.5 cm³/mol. The second-order valence-electron chi connectivity index (χ2n) is 3.73. The van der Waals surface area contributed by atoms with Gasteiger partial charge in [-0.25, -0.2) is 0 Å². The molecule has 2 heteroatoms. The second kappa shape index (κ2) is 3.70. The molecule has 0 N–H and O–H groups in total. The van der Waals surface area contributed by atoms with E-state index < -0.39 is 0 Å². The monoisotopic (exact) mass is 249 g/mol. The lowest BCUT2D eigenvalue weighted by Crippen LogP contribution is -1.92. The molecule has 0 aliphatic carbocycles. The number of hydrogen-bond donors (Lipinski definition) is 0. The summed E-state index contributed by atoms with van der Waals surface area (Å²) in [7, 11) is 0. The van der Waals surface area contributed by atoms with Crippen LogP contribution in [-0.2, 0) is 0 Å². The molecule has 1 nitrogen and oxygen atoms in total. The topological polar surface area (TPSA) is 12.9 Å². The molecule has 72 valence electrons. The van der Waals surface area contributed by atoms with E-state index in [1.54, 1.807) is 0 Å². The van der Waals surface area contributed by atoms with E-state index in [2.05, 4.69) is 59.0 Å². The Morgan fingerprint density at radius 1 is 1.14 bits per heavy atom. The summed E-state index contributed by atoms with van der Waals surface area (Å²) >= 11 is 3.45. The summed E-state index contributed by atoms with van der Waals surface area (Å²) in [6, 6.07) is 10.4. The van der Waals surface area contributed by atoms with Crippen LogP contribution in [0.4, 0.5) is 0 Å². The number of benzene rings is 1. The van der Waals surface area contributed by atoms with Crippen molar-refractivity contribution in [1.82, 2.24) is 4.98 Å². The first-order valence-corrected chi connectivity index (χ1v) is 5.52. The van der Waals surface area contributed by atoms with Crippen LogP contribution in [0.2, 0.25) is 0 Å². The van der Waals surface area contributed by atoms with E-state index in [0.717, 1.165) is 15.7 Å². The molecule has 0 unspecified atom stereocenters. The van der Waals surface area contributed by atoms with Crippen LogP contribution in [0.15, 0.2) is 34.8 Å². The van der Waals surface area contributed by atoms with Crippen LogP contribution < -0.4 is 0 Å². The third-order valence-corrected chi connectivity index (χ3v) is 2.76. The first-order valence-electron chi connectivity index (χ1n) is 4.73. The Labute approximate surface area is 92.3 Å². The summed E-state index contributed by atoms with van der Waals surface area (Å²) in [5, 5.41) is 1.19. The van der Waals surface area contributed by atoms with Gasteiger partial charge in [-0.2, -0.15) is 0 Å². The van der Waals surface area contributed by atoms with Crippen LogP contribution in [0.3, 0.4) is 0 Å². The Morgan fingerprint density at radius 2 is 1.86 bits per heavy atom. The average molecular weight is 250 g/mol. The minimum Gasteiger partial charge on any atom is -0.253 e. The third-order valence-electron chi connectivity index (χ3n) is 2.27. The Bertz CT molecular complexity index is 463. The summed E-state index contributed by atoms with van der Waals surface area (Å²) in [6.45, 7) is 4.32. The molecule has 0 spiro atoms. The molecule has 0 bridgehead atoms. The smallest absolute Gasteiger partial charge is 0.0716 e. The zero-order valence-electron chi connectivity index (χ0n) is 8.29. The molecular formula is C12H12BrN. The van der Waals surface area contributed by atoms with Crippen molar-refractivity contribution in [2.24, 2.45) is 0 Å². The SMILES string of the molecule is CC(C)c1ccc2ccc(Br)cc2n1. The van der Waals surface area contributed by atoms with Gasteiger partial charge in [0, 0.05) is 15.6 Å². The fourth-order valence-electron chi connectivity index (χ4n) is 1.43. The molecule has 2 rings (SSSR count). The zero-order valence-corrected chi connectivity index (χ0v) is 9.88. The van der Waals surface area contributed by atoms with Gasteiger partial charge in [0.2, 0.25) is 0 Å². The van der Waals surface area contributed by atoms with E-state index in [1.165, 1.54) is 5.39 Å². The number of rotatable bonds is 1. The molecule has 1 heterocycles. The molecule has 0 aliphatic heterocycles. The molecule has 0 amide bonds. The quantitative estimate of drug-likeness (QED) is 0.741. The average Bonchev–Trinajstić information content (AvgIpc) is 2.16. The number of fused-ring (bicyclic) bond motifs is 1. The Balaban J connectivity index is 2.63. The second-order valence-corrected chi connectivity index (χ2v) is 4.64. The minimum atomic E-state index is 0.485. The lowest BCUT2D eigenvalue weighted by molar-refractivity contribution is 0.830. The Kier molecular flexibility index (Phi) is 2.55. The molecule has 1 aromatic heterocycles. The number of hydrogen-bond acceptors (Lipinski definition) is 1. The van der Waals surface area contributed by atoms with Crippen molar-refractivity contribution < 1.29 is 0 Å². The maximum Gasteiger partial charge on any atom is 0.0716 e. The maximum absolute atomic E-state index is 4.61.